The van der Waals surface area contributed by atoms with Gasteiger partial charge in [-0.3, -0.25) is 0 Å². The van der Waals surface area contributed by atoms with E-state index in [2.05, 4.69) is 5.32 Å². The smallest absolute Gasteiger partial charge is 0.414 e. The second-order valence-corrected chi connectivity index (χ2v) is 5.28. The summed E-state index contributed by atoms with van der Waals surface area (Å²) in [4.78, 5) is 18.2. The highest BCUT2D eigenvalue weighted by Gasteiger charge is 2.09. The highest BCUT2D eigenvalue weighted by Crippen LogP contribution is 2.30. The molecule has 0 aromatic heterocycles. The molecule has 8 heteroatoms. The van der Waals surface area contributed by atoms with Gasteiger partial charge >= 0.3 is 11.9 Å². The van der Waals surface area contributed by atoms with Crippen LogP contribution in [0, 0.1) is 5.82 Å². The van der Waals surface area contributed by atoms with Crippen molar-refractivity contribution >= 4 is 11.9 Å². The number of hydrogen-bond acceptors (Lipinski definition) is 5. The molecule has 0 heterocycles. The van der Waals surface area contributed by atoms with Crippen LogP contribution in [-0.2, 0) is 22.6 Å². The van der Waals surface area contributed by atoms with Crippen LogP contribution in [0.2, 0.25) is 0 Å². The molecule has 0 atom stereocenters. The maximum atomic E-state index is 13.5. The molecular weight excluding hydrogens is 357 g/mol. The lowest BCUT2D eigenvalue weighted by atomic mass is 10.1. The Morgan fingerprint density at radius 1 is 0.963 bits per heavy atom. The Kier molecular flexibility index (Phi) is 9.32. The molecule has 0 fully saturated rings. The van der Waals surface area contributed by atoms with Gasteiger partial charge < -0.3 is 25.0 Å². The van der Waals surface area contributed by atoms with Gasteiger partial charge in [0.1, 0.15) is 5.82 Å². The number of rotatable bonds is 7. The first-order chi connectivity index (χ1) is 12.9. The van der Waals surface area contributed by atoms with E-state index in [0.29, 0.717) is 25.3 Å². The Morgan fingerprint density at radius 2 is 1.59 bits per heavy atom. The van der Waals surface area contributed by atoms with Gasteiger partial charge in [0.2, 0.25) is 0 Å². The molecule has 0 saturated carbocycles. The SMILES string of the molecule is COc1cccc(CNCCc2ccccc2F)c1OC.O=C(O)C(=O)O. The van der Waals surface area contributed by atoms with Gasteiger partial charge in [-0.25, -0.2) is 14.0 Å². The van der Waals surface area contributed by atoms with Crippen molar-refractivity contribution < 1.29 is 33.7 Å². The molecule has 0 spiro atoms. The van der Waals surface area contributed by atoms with Crippen LogP contribution < -0.4 is 14.8 Å². The van der Waals surface area contributed by atoms with Crippen LogP contribution in [0.4, 0.5) is 4.39 Å². The number of para-hydroxylation sites is 1. The molecule has 0 aliphatic heterocycles. The molecular formula is C19H22FNO6. The first-order valence-electron chi connectivity index (χ1n) is 8.00. The number of nitrogens with one attached hydrogen (secondary N) is 1. The van der Waals surface area contributed by atoms with Crippen LogP contribution in [0.1, 0.15) is 11.1 Å². The summed E-state index contributed by atoms with van der Waals surface area (Å²) in [6, 6.07) is 12.6. The number of aliphatic carboxylic acids is 2. The van der Waals surface area contributed by atoms with Crippen LogP contribution >= 0.6 is 0 Å². The Hall–Kier alpha value is -3.13. The molecule has 0 aliphatic carbocycles. The maximum absolute atomic E-state index is 13.5. The second-order valence-electron chi connectivity index (χ2n) is 5.28. The van der Waals surface area contributed by atoms with E-state index >= 15 is 0 Å². The van der Waals surface area contributed by atoms with Gasteiger partial charge in [0.15, 0.2) is 11.5 Å². The summed E-state index contributed by atoms with van der Waals surface area (Å²) >= 11 is 0. The average molecular weight is 379 g/mol. The highest BCUT2D eigenvalue weighted by atomic mass is 19.1. The largest absolute Gasteiger partial charge is 0.493 e. The van der Waals surface area contributed by atoms with Gasteiger partial charge in [0, 0.05) is 12.1 Å². The zero-order valence-electron chi connectivity index (χ0n) is 15.1. The summed E-state index contributed by atoms with van der Waals surface area (Å²) < 4.78 is 24.1. The third kappa shape index (κ3) is 7.33. The van der Waals surface area contributed by atoms with E-state index in [0.717, 1.165) is 16.9 Å². The van der Waals surface area contributed by atoms with E-state index in [-0.39, 0.29) is 5.82 Å². The van der Waals surface area contributed by atoms with E-state index in [1.807, 2.05) is 30.3 Å². The number of halogens is 1. The van der Waals surface area contributed by atoms with Crippen LogP contribution in [-0.4, -0.2) is 42.9 Å². The quantitative estimate of drug-likeness (QED) is 0.501. The number of ether oxygens (including phenoxy) is 2. The van der Waals surface area contributed by atoms with Gasteiger partial charge in [0.05, 0.1) is 14.2 Å². The van der Waals surface area contributed by atoms with Crippen molar-refractivity contribution in [3.63, 3.8) is 0 Å². The fraction of sp³-hybridized carbons (Fsp3) is 0.263. The Balaban J connectivity index is 0.000000527. The molecule has 0 amide bonds. The van der Waals surface area contributed by atoms with Crippen molar-refractivity contribution in [1.82, 2.24) is 5.32 Å². The van der Waals surface area contributed by atoms with Gasteiger partial charge in [0.25, 0.3) is 0 Å². The van der Waals surface area contributed by atoms with Crippen molar-refractivity contribution in [3.05, 3.63) is 59.4 Å². The second kappa shape index (κ2) is 11.5. The van der Waals surface area contributed by atoms with Crippen LogP contribution in [0.25, 0.3) is 0 Å². The van der Waals surface area contributed by atoms with Crippen LogP contribution in [0.5, 0.6) is 11.5 Å². The monoisotopic (exact) mass is 379 g/mol. The average Bonchev–Trinajstić information content (AvgIpc) is 2.66. The number of benzene rings is 2. The van der Waals surface area contributed by atoms with Crippen molar-refractivity contribution in [2.45, 2.75) is 13.0 Å². The standard InChI is InChI=1S/C17H20FNO2.C2H2O4/c1-20-16-9-5-7-14(17(16)21-2)12-19-11-10-13-6-3-4-8-15(13)18;3-1(4)2(5)6/h3-9,19H,10-12H2,1-2H3;(H,3,4)(H,5,6). The van der Waals surface area contributed by atoms with Crippen molar-refractivity contribution in [1.29, 1.82) is 0 Å². The van der Waals surface area contributed by atoms with Crippen LogP contribution in [0.3, 0.4) is 0 Å². The molecule has 0 aliphatic rings. The summed E-state index contributed by atoms with van der Waals surface area (Å²) in [5.41, 5.74) is 1.74. The molecule has 0 bridgehead atoms. The fourth-order valence-electron chi connectivity index (χ4n) is 2.24. The molecule has 2 aromatic carbocycles. The molecule has 3 N–H and O–H groups in total. The number of methoxy groups -OCH3 is 2. The number of hydrogen-bond donors (Lipinski definition) is 3. The predicted octanol–water partition coefficient (Wildman–Crippen LogP) is 2.33. The van der Waals surface area contributed by atoms with Crippen molar-refractivity contribution in [2.75, 3.05) is 20.8 Å². The van der Waals surface area contributed by atoms with Crippen LogP contribution in [0.15, 0.2) is 42.5 Å². The predicted molar refractivity (Wildman–Crippen MR) is 96.6 cm³/mol. The molecule has 7 nitrogen and oxygen atoms in total. The third-order valence-corrected chi connectivity index (χ3v) is 3.51. The van der Waals surface area contributed by atoms with Crippen molar-refractivity contribution in [3.8, 4) is 11.5 Å². The van der Waals surface area contributed by atoms with Gasteiger partial charge in [-0.1, -0.05) is 30.3 Å². The maximum Gasteiger partial charge on any atom is 0.414 e. The minimum Gasteiger partial charge on any atom is -0.493 e. The summed E-state index contributed by atoms with van der Waals surface area (Å²) in [5, 5.41) is 18.1. The zero-order valence-corrected chi connectivity index (χ0v) is 15.1. The molecule has 0 unspecified atom stereocenters. The summed E-state index contributed by atoms with van der Waals surface area (Å²) in [6.07, 6.45) is 0.652. The van der Waals surface area contributed by atoms with Gasteiger partial charge in [-0.05, 0) is 30.7 Å². The minimum atomic E-state index is -1.82. The molecule has 146 valence electrons. The summed E-state index contributed by atoms with van der Waals surface area (Å²) in [5.74, 6) is -2.35. The highest BCUT2D eigenvalue weighted by molar-refractivity contribution is 6.27. The van der Waals surface area contributed by atoms with E-state index in [9.17, 15) is 4.39 Å². The minimum absolute atomic E-state index is 0.154. The zero-order chi connectivity index (χ0) is 20.2. The van der Waals surface area contributed by atoms with E-state index < -0.39 is 11.9 Å². The summed E-state index contributed by atoms with van der Waals surface area (Å²) in [7, 11) is 3.24. The third-order valence-electron chi connectivity index (χ3n) is 3.51. The molecule has 2 aromatic rings. The topological polar surface area (TPSA) is 105 Å². The van der Waals surface area contributed by atoms with Gasteiger partial charge in [-0.2, -0.15) is 0 Å². The van der Waals surface area contributed by atoms with E-state index in [1.165, 1.54) is 6.07 Å². The molecule has 2 rings (SSSR count). The number of carbonyl (C=O) groups is 2. The lowest BCUT2D eigenvalue weighted by Crippen LogP contribution is -2.17. The van der Waals surface area contributed by atoms with Gasteiger partial charge in [-0.15, -0.1) is 0 Å². The normalized spacial score (nSPS) is 9.74. The Bertz CT molecular complexity index is 754. The first-order valence-corrected chi connectivity index (χ1v) is 8.00. The number of carboxylic acids is 2. The van der Waals surface area contributed by atoms with E-state index in [4.69, 9.17) is 29.3 Å². The lowest BCUT2D eigenvalue weighted by Gasteiger charge is -2.13. The Morgan fingerprint density at radius 3 is 2.15 bits per heavy atom. The van der Waals surface area contributed by atoms with E-state index in [1.54, 1.807) is 20.3 Å². The molecule has 0 saturated heterocycles. The van der Waals surface area contributed by atoms with Crippen molar-refractivity contribution in [2.24, 2.45) is 0 Å². The first kappa shape index (κ1) is 21.9. The lowest BCUT2D eigenvalue weighted by molar-refractivity contribution is -0.159. The summed E-state index contributed by atoms with van der Waals surface area (Å²) in [6.45, 7) is 1.34. The number of carboxylic acid groups (broad SMARTS) is 2. The Labute approximate surface area is 156 Å². The molecule has 27 heavy (non-hydrogen) atoms. The fourth-order valence-corrected chi connectivity index (χ4v) is 2.24. The molecule has 0 radical (unpaired) electrons.